The number of nitrogens with one attached hydrogen (secondary N) is 1. The Morgan fingerprint density at radius 1 is 1.37 bits per heavy atom. The molecule has 1 saturated carbocycles. The third-order valence-corrected chi connectivity index (χ3v) is 4.26. The molecule has 3 nitrogen and oxygen atoms in total. The molecule has 1 aromatic rings. The van der Waals surface area contributed by atoms with Gasteiger partial charge >= 0.3 is 0 Å². The van der Waals surface area contributed by atoms with Crippen molar-refractivity contribution in [2.45, 2.75) is 45.1 Å². The van der Waals surface area contributed by atoms with Gasteiger partial charge in [0, 0.05) is 30.8 Å². The lowest BCUT2D eigenvalue weighted by molar-refractivity contribution is 0.0788. The zero-order valence-corrected chi connectivity index (χ0v) is 11.5. The molecule has 1 aromatic heterocycles. The van der Waals surface area contributed by atoms with Crippen LogP contribution < -0.4 is 5.32 Å². The highest BCUT2D eigenvalue weighted by atomic mass is 19.1. The standard InChI is InChI=1S/C15H23FN2O/c1-12(13-7-14(16)9-17-8-13)18-10-15(11-19)5-3-2-4-6-15/h7-9,12,18-19H,2-6,10-11H2,1H3. The first kappa shape index (κ1) is 14.4. The van der Waals surface area contributed by atoms with Gasteiger partial charge in [0.25, 0.3) is 0 Å². The van der Waals surface area contributed by atoms with Gasteiger partial charge in [-0.05, 0) is 31.4 Å². The molecule has 19 heavy (non-hydrogen) atoms. The molecule has 0 radical (unpaired) electrons. The van der Waals surface area contributed by atoms with E-state index in [-0.39, 0.29) is 23.9 Å². The first-order chi connectivity index (χ1) is 9.15. The van der Waals surface area contributed by atoms with Crippen LogP contribution in [-0.2, 0) is 0 Å². The number of rotatable bonds is 5. The van der Waals surface area contributed by atoms with Gasteiger partial charge in [-0.1, -0.05) is 19.3 Å². The van der Waals surface area contributed by atoms with Crippen molar-refractivity contribution >= 4 is 0 Å². The van der Waals surface area contributed by atoms with Gasteiger partial charge in [0.05, 0.1) is 6.20 Å². The summed E-state index contributed by atoms with van der Waals surface area (Å²) >= 11 is 0. The van der Waals surface area contributed by atoms with Gasteiger partial charge in [-0.15, -0.1) is 0 Å². The van der Waals surface area contributed by atoms with Crippen LogP contribution in [0.2, 0.25) is 0 Å². The van der Waals surface area contributed by atoms with Crippen LogP contribution in [0.5, 0.6) is 0 Å². The lowest BCUT2D eigenvalue weighted by atomic mass is 9.74. The molecule has 1 atom stereocenters. The number of aromatic nitrogens is 1. The van der Waals surface area contributed by atoms with Gasteiger partial charge < -0.3 is 10.4 Å². The van der Waals surface area contributed by atoms with Crippen molar-refractivity contribution in [3.05, 3.63) is 29.8 Å². The van der Waals surface area contributed by atoms with Crippen LogP contribution in [0.4, 0.5) is 4.39 Å². The second-order valence-corrected chi connectivity index (χ2v) is 5.76. The first-order valence-corrected chi connectivity index (χ1v) is 7.10. The summed E-state index contributed by atoms with van der Waals surface area (Å²) in [4.78, 5) is 3.87. The molecule has 0 saturated heterocycles. The van der Waals surface area contributed by atoms with E-state index < -0.39 is 0 Å². The van der Waals surface area contributed by atoms with Crippen molar-refractivity contribution in [1.82, 2.24) is 10.3 Å². The van der Waals surface area contributed by atoms with Gasteiger partial charge in [0.15, 0.2) is 0 Å². The van der Waals surface area contributed by atoms with Crippen LogP contribution in [0.1, 0.15) is 50.6 Å². The maximum absolute atomic E-state index is 13.1. The molecule has 1 aliphatic carbocycles. The topological polar surface area (TPSA) is 45.1 Å². The average Bonchev–Trinajstić information content (AvgIpc) is 2.46. The number of aliphatic hydroxyl groups excluding tert-OH is 1. The van der Waals surface area contributed by atoms with E-state index in [1.54, 1.807) is 6.20 Å². The fraction of sp³-hybridized carbons (Fsp3) is 0.667. The molecule has 4 heteroatoms. The minimum Gasteiger partial charge on any atom is -0.396 e. The molecule has 106 valence electrons. The van der Waals surface area contributed by atoms with Crippen LogP contribution in [0.25, 0.3) is 0 Å². The highest BCUT2D eigenvalue weighted by Gasteiger charge is 2.31. The maximum atomic E-state index is 13.1. The van der Waals surface area contributed by atoms with E-state index in [9.17, 15) is 9.50 Å². The third-order valence-electron chi connectivity index (χ3n) is 4.26. The van der Waals surface area contributed by atoms with Crippen LogP contribution >= 0.6 is 0 Å². The molecule has 2 N–H and O–H groups in total. The summed E-state index contributed by atoms with van der Waals surface area (Å²) in [6.45, 7) is 3.01. The summed E-state index contributed by atoms with van der Waals surface area (Å²) in [5.74, 6) is -0.305. The smallest absolute Gasteiger partial charge is 0.141 e. The van der Waals surface area contributed by atoms with Crippen molar-refractivity contribution in [3.8, 4) is 0 Å². The fourth-order valence-corrected chi connectivity index (χ4v) is 2.85. The van der Waals surface area contributed by atoms with Gasteiger partial charge in [0.1, 0.15) is 5.82 Å². The molecule has 0 aliphatic heterocycles. The van der Waals surface area contributed by atoms with Gasteiger partial charge in [-0.25, -0.2) is 4.39 Å². The third kappa shape index (κ3) is 3.74. The minimum absolute atomic E-state index is 0.00721. The zero-order valence-electron chi connectivity index (χ0n) is 11.5. The maximum Gasteiger partial charge on any atom is 0.141 e. The van der Waals surface area contributed by atoms with Crippen molar-refractivity contribution in [1.29, 1.82) is 0 Å². The Labute approximate surface area is 114 Å². The summed E-state index contributed by atoms with van der Waals surface area (Å²) in [6.07, 6.45) is 8.70. The van der Waals surface area contributed by atoms with Crippen LogP contribution in [-0.4, -0.2) is 23.2 Å². The monoisotopic (exact) mass is 266 g/mol. The van der Waals surface area contributed by atoms with E-state index in [4.69, 9.17) is 0 Å². The number of nitrogens with zero attached hydrogens (tertiary/aromatic N) is 1. The second-order valence-electron chi connectivity index (χ2n) is 5.76. The lowest BCUT2D eigenvalue weighted by Gasteiger charge is -2.36. The summed E-state index contributed by atoms with van der Waals surface area (Å²) in [5.41, 5.74) is 0.858. The predicted molar refractivity (Wildman–Crippen MR) is 73.2 cm³/mol. The fourth-order valence-electron chi connectivity index (χ4n) is 2.85. The predicted octanol–water partition coefficient (Wildman–Crippen LogP) is 2.81. The normalized spacial score (nSPS) is 20.2. The molecule has 1 unspecified atom stereocenters. The molecule has 1 aliphatic rings. The van der Waals surface area contributed by atoms with Crippen LogP contribution in [0.15, 0.2) is 18.5 Å². The second kappa shape index (κ2) is 6.44. The molecule has 0 bridgehead atoms. The number of hydrogen-bond donors (Lipinski definition) is 2. The highest BCUT2D eigenvalue weighted by Crippen LogP contribution is 2.35. The van der Waals surface area contributed by atoms with Gasteiger partial charge in [-0.2, -0.15) is 0 Å². The summed E-state index contributed by atoms with van der Waals surface area (Å²) in [6, 6.07) is 1.56. The quantitative estimate of drug-likeness (QED) is 0.861. The number of halogens is 1. The van der Waals surface area contributed by atoms with Gasteiger partial charge in [0.2, 0.25) is 0 Å². The van der Waals surface area contributed by atoms with Crippen molar-refractivity contribution in [2.75, 3.05) is 13.2 Å². The van der Waals surface area contributed by atoms with Crippen LogP contribution in [0, 0.1) is 11.2 Å². The zero-order chi connectivity index (χ0) is 13.7. The lowest BCUT2D eigenvalue weighted by Crippen LogP contribution is -2.40. The molecule has 1 fully saturated rings. The van der Waals surface area contributed by atoms with E-state index in [1.807, 2.05) is 6.92 Å². The molecule has 2 rings (SSSR count). The Morgan fingerprint density at radius 2 is 2.11 bits per heavy atom. The summed E-state index contributed by atoms with van der Waals surface area (Å²) < 4.78 is 13.1. The Kier molecular flexibility index (Phi) is 4.88. The Morgan fingerprint density at radius 3 is 2.74 bits per heavy atom. The Hall–Kier alpha value is -1.00. The number of pyridine rings is 1. The van der Waals surface area contributed by atoms with Crippen molar-refractivity contribution in [3.63, 3.8) is 0 Å². The van der Waals surface area contributed by atoms with E-state index in [0.717, 1.165) is 24.9 Å². The molecular weight excluding hydrogens is 243 g/mol. The Balaban J connectivity index is 1.93. The Bertz CT molecular complexity index is 405. The first-order valence-electron chi connectivity index (χ1n) is 7.10. The molecule has 0 spiro atoms. The van der Waals surface area contributed by atoms with Crippen LogP contribution in [0.3, 0.4) is 0 Å². The van der Waals surface area contributed by atoms with E-state index >= 15 is 0 Å². The van der Waals surface area contributed by atoms with Crippen molar-refractivity contribution in [2.24, 2.45) is 5.41 Å². The van der Waals surface area contributed by atoms with Crippen molar-refractivity contribution < 1.29 is 9.50 Å². The van der Waals surface area contributed by atoms with E-state index in [2.05, 4.69) is 10.3 Å². The molecule has 0 aromatic carbocycles. The van der Waals surface area contributed by atoms with Gasteiger partial charge in [-0.3, -0.25) is 4.98 Å². The largest absolute Gasteiger partial charge is 0.396 e. The number of hydrogen-bond acceptors (Lipinski definition) is 3. The van der Waals surface area contributed by atoms with E-state index in [1.165, 1.54) is 31.5 Å². The molecular formula is C15H23FN2O. The summed E-state index contributed by atoms with van der Waals surface area (Å²) in [5, 5.41) is 13.1. The SMILES string of the molecule is CC(NCC1(CO)CCCCC1)c1cncc(F)c1. The minimum atomic E-state index is -0.305. The number of aliphatic hydroxyl groups is 1. The molecule has 1 heterocycles. The highest BCUT2D eigenvalue weighted by molar-refractivity contribution is 5.14. The van der Waals surface area contributed by atoms with E-state index in [0.29, 0.717) is 0 Å². The summed E-state index contributed by atoms with van der Waals surface area (Å²) in [7, 11) is 0. The molecule has 0 amide bonds. The average molecular weight is 266 g/mol.